The summed E-state index contributed by atoms with van der Waals surface area (Å²) in [5.74, 6) is -0.477. The van der Waals surface area contributed by atoms with Crippen LogP contribution in [0.25, 0.3) is 22.2 Å². The molecule has 1 amide bonds. The molecule has 12 heteroatoms. The van der Waals surface area contributed by atoms with Gasteiger partial charge in [0.05, 0.1) is 39.4 Å². The zero-order valence-electron chi connectivity index (χ0n) is 27.6. The summed E-state index contributed by atoms with van der Waals surface area (Å²) < 4.78 is 67.1. The van der Waals surface area contributed by atoms with Gasteiger partial charge in [0.15, 0.2) is 9.84 Å². The summed E-state index contributed by atoms with van der Waals surface area (Å²) in [6.45, 7) is 4.97. The topological polar surface area (TPSA) is 103 Å². The lowest BCUT2D eigenvalue weighted by Gasteiger charge is -2.41. The molecular formula is C37H41F3N4O4S. The SMILES string of the molecule is C[C@H](NC(=O)c1c(CN2CCC(N3CCC[C@@H](O)C3)CC2)c(-c2cccc(C(F)(F)F)c2)nc2ccc(S(C)(=O)=O)cc12)c1ccccc1. The zero-order valence-corrected chi connectivity index (χ0v) is 28.4. The zero-order chi connectivity index (χ0) is 34.9. The Morgan fingerprint density at radius 3 is 2.41 bits per heavy atom. The third-order valence-electron chi connectivity index (χ3n) is 9.71. The Morgan fingerprint density at radius 1 is 1.00 bits per heavy atom. The summed E-state index contributed by atoms with van der Waals surface area (Å²) in [7, 11) is -3.67. The lowest BCUT2D eigenvalue weighted by Crippen LogP contribution is -2.49. The van der Waals surface area contributed by atoms with Gasteiger partial charge in [-0.1, -0.05) is 42.5 Å². The molecule has 0 saturated carbocycles. The van der Waals surface area contributed by atoms with E-state index in [9.17, 15) is 31.5 Å². The average Bonchev–Trinajstić information content (AvgIpc) is 3.07. The number of halogens is 3. The third kappa shape index (κ3) is 7.98. The van der Waals surface area contributed by atoms with Crippen molar-refractivity contribution >= 4 is 26.6 Å². The van der Waals surface area contributed by atoms with Gasteiger partial charge in [-0.3, -0.25) is 14.6 Å². The lowest BCUT2D eigenvalue weighted by molar-refractivity contribution is -0.137. The minimum atomic E-state index is -4.59. The molecule has 2 N–H and O–H groups in total. The van der Waals surface area contributed by atoms with E-state index < -0.39 is 33.5 Å². The number of aliphatic hydroxyl groups excluding tert-OH is 1. The van der Waals surface area contributed by atoms with E-state index in [0.717, 1.165) is 56.2 Å². The van der Waals surface area contributed by atoms with Gasteiger partial charge >= 0.3 is 6.18 Å². The molecule has 3 heterocycles. The molecule has 2 atom stereocenters. The number of hydrogen-bond donors (Lipinski definition) is 2. The maximum absolute atomic E-state index is 14.4. The number of rotatable bonds is 8. The lowest BCUT2D eigenvalue weighted by atomic mass is 9.93. The van der Waals surface area contributed by atoms with Gasteiger partial charge in [0, 0.05) is 41.9 Å². The minimum absolute atomic E-state index is 0.00857. The molecule has 2 aliphatic heterocycles. The first-order chi connectivity index (χ1) is 23.3. The molecule has 2 fully saturated rings. The molecule has 0 spiro atoms. The summed E-state index contributed by atoms with van der Waals surface area (Å²) in [6, 6.07) is 18.5. The van der Waals surface area contributed by atoms with Crippen molar-refractivity contribution in [1.82, 2.24) is 20.1 Å². The van der Waals surface area contributed by atoms with Crippen LogP contribution in [0.15, 0.2) is 77.7 Å². The minimum Gasteiger partial charge on any atom is -0.392 e. The molecule has 2 saturated heterocycles. The Balaban J connectivity index is 1.47. The molecule has 49 heavy (non-hydrogen) atoms. The Bertz CT molecular complexity index is 1930. The molecule has 0 unspecified atom stereocenters. The number of sulfone groups is 1. The van der Waals surface area contributed by atoms with Gasteiger partial charge in [0.25, 0.3) is 5.91 Å². The Hall–Kier alpha value is -3.84. The normalized spacial score (nSPS) is 19.2. The van der Waals surface area contributed by atoms with Crippen LogP contribution >= 0.6 is 0 Å². The number of hydrogen-bond acceptors (Lipinski definition) is 7. The molecule has 6 rings (SSSR count). The maximum Gasteiger partial charge on any atom is 0.416 e. The van der Waals surface area contributed by atoms with Crippen LogP contribution in [0.1, 0.15) is 65.7 Å². The number of likely N-dealkylation sites (tertiary alicyclic amines) is 2. The second kappa shape index (κ2) is 14.2. The molecular weight excluding hydrogens is 653 g/mol. The van der Waals surface area contributed by atoms with E-state index in [2.05, 4.69) is 15.1 Å². The number of carbonyl (C=O) groups excluding carboxylic acids is 1. The number of carbonyl (C=O) groups is 1. The second-order valence-corrected chi connectivity index (χ2v) is 15.3. The van der Waals surface area contributed by atoms with Crippen molar-refractivity contribution in [3.63, 3.8) is 0 Å². The summed E-state index contributed by atoms with van der Waals surface area (Å²) in [4.78, 5) is 23.8. The fourth-order valence-corrected chi connectivity index (χ4v) is 7.73. The van der Waals surface area contributed by atoms with E-state index >= 15 is 0 Å². The van der Waals surface area contributed by atoms with Crippen molar-refractivity contribution in [3.05, 3.63) is 95.1 Å². The quantitative estimate of drug-likeness (QED) is 0.225. The summed E-state index contributed by atoms with van der Waals surface area (Å²) in [5, 5.41) is 13.6. The molecule has 4 aromatic rings. The molecule has 8 nitrogen and oxygen atoms in total. The van der Waals surface area contributed by atoms with Crippen LogP contribution in [0.3, 0.4) is 0 Å². The Kier molecular flexibility index (Phi) is 10.1. The standard InChI is InChI=1S/C37H41F3N4O4S/c1-24(25-8-4-3-5-9-25)41-36(46)34-31-21-30(49(2,47)48)13-14-33(31)42-35(26-10-6-11-27(20-26)37(38,39)40)32(34)23-43-18-15-28(16-19-43)44-17-7-12-29(45)22-44/h3-6,8-11,13-14,20-21,24,28-29,45H,7,12,15-19,22-23H2,1-2H3,(H,41,46)/t24-,29+/m0/s1. The third-order valence-corrected chi connectivity index (χ3v) is 10.8. The van der Waals surface area contributed by atoms with E-state index in [4.69, 9.17) is 4.98 Å². The second-order valence-electron chi connectivity index (χ2n) is 13.2. The van der Waals surface area contributed by atoms with Crippen LogP contribution in [0.5, 0.6) is 0 Å². The highest BCUT2D eigenvalue weighted by molar-refractivity contribution is 7.90. The van der Waals surface area contributed by atoms with Gasteiger partial charge in [-0.15, -0.1) is 0 Å². The Labute approximate surface area is 284 Å². The fourth-order valence-electron chi connectivity index (χ4n) is 7.08. The molecule has 0 aliphatic carbocycles. The molecule has 3 aromatic carbocycles. The van der Waals surface area contributed by atoms with Crippen molar-refractivity contribution in [2.75, 3.05) is 32.4 Å². The largest absolute Gasteiger partial charge is 0.416 e. The highest BCUT2D eigenvalue weighted by atomic mass is 32.2. The van der Waals surface area contributed by atoms with E-state index in [1.807, 2.05) is 37.3 Å². The number of nitrogens with zero attached hydrogens (tertiary/aromatic N) is 3. The van der Waals surface area contributed by atoms with Gasteiger partial charge in [-0.2, -0.15) is 13.2 Å². The average molecular weight is 695 g/mol. The van der Waals surface area contributed by atoms with Crippen LogP contribution in [-0.4, -0.2) is 78.8 Å². The number of benzene rings is 3. The van der Waals surface area contributed by atoms with Gasteiger partial charge in [0.1, 0.15) is 0 Å². The van der Waals surface area contributed by atoms with Crippen molar-refractivity contribution in [2.24, 2.45) is 0 Å². The number of pyridine rings is 1. The van der Waals surface area contributed by atoms with Gasteiger partial charge < -0.3 is 10.4 Å². The van der Waals surface area contributed by atoms with Crippen molar-refractivity contribution in [2.45, 2.75) is 68.4 Å². The number of nitrogens with one attached hydrogen (secondary N) is 1. The van der Waals surface area contributed by atoms with E-state index in [-0.39, 0.29) is 34.4 Å². The predicted octanol–water partition coefficient (Wildman–Crippen LogP) is 6.24. The highest BCUT2D eigenvalue weighted by Gasteiger charge is 2.33. The number of piperidine rings is 2. The first-order valence-electron chi connectivity index (χ1n) is 16.6. The predicted molar refractivity (Wildman–Crippen MR) is 183 cm³/mol. The number of amides is 1. The van der Waals surface area contributed by atoms with Gasteiger partial charge in [-0.25, -0.2) is 13.4 Å². The highest BCUT2D eigenvalue weighted by Crippen LogP contribution is 2.37. The molecule has 2 aliphatic rings. The number of β-amino-alcohol motifs (C(OH)–C–C–N with tert-alkyl or cyclic N) is 1. The first-order valence-corrected chi connectivity index (χ1v) is 18.5. The molecule has 0 bridgehead atoms. The van der Waals surface area contributed by atoms with Crippen LogP contribution in [-0.2, 0) is 22.6 Å². The smallest absolute Gasteiger partial charge is 0.392 e. The van der Waals surface area contributed by atoms with Gasteiger partial charge in [0.2, 0.25) is 0 Å². The molecule has 260 valence electrons. The van der Waals surface area contributed by atoms with Crippen molar-refractivity contribution in [3.8, 4) is 11.3 Å². The summed E-state index contributed by atoms with van der Waals surface area (Å²) in [5.41, 5.74) is 1.39. The number of aromatic nitrogens is 1. The van der Waals surface area contributed by atoms with Gasteiger partial charge in [-0.05, 0) is 88.1 Å². The fraction of sp³-hybridized carbons (Fsp3) is 0.405. The maximum atomic E-state index is 14.4. The van der Waals surface area contributed by atoms with Crippen LogP contribution in [0.2, 0.25) is 0 Å². The summed E-state index contributed by atoms with van der Waals surface area (Å²) in [6.07, 6.45) is -0.428. The first kappa shape index (κ1) is 35.0. The number of alkyl halides is 3. The molecule has 1 aromatic heterocycles. The van der Waals surface area contributed by atoms with E-state index in [1.54, 1.807) is 6.07 Å². The van der Waals surface area contributed by atoms with Crippen molar-refractivity contribution in [1.29, 1.82) is 0 Å². The van der Waals surface area contributed by atoms with E-state index in [1.165, 1.54) is 24.3 Å². The van der Waals surface area contributed by atoms with Crippen molar-refractivity contribution < 1.29 is 31.5 Å². The summed E-state index contributed by atoms with van der Waals surface area (Å²) >= 11 is 0. The van der Waals surface area contributed by atoms with Crippen LogP contribution in [0, 0.1) is 0 Å². The number of fused-ring (bicyclic) bond motifs is 1. The monoisotopic (exact) mass is 694 g/mol. The molecule has 0 radical (unpaired) electrons. The van der Waals surface area contributed by atoms with Crippen LogP contribution in [0.4, 0.5) is 13.2 Å². The van der Waals surface area contributed by atoms with Crippen LogP contribution < -0.4 is 5.32 Å². The Morgan fingerprint density at radius 2 is 1.73 bits per heavy atom. The van der Waals surface area contributed by atoms with E-state index in [0.29, 0.717) is 42.1 Å². The number of aliphatic hydroxyl groups is 1.